The first-order chi connectivity index (χ1) is 13.9. The Kier molecular flexibility index (Phi) is 6.74. The molecule has 1 aromatic rings. The summed E-state index contributed by atoms with van der Waals surface area (Å²) in [5.74, 6) is -3.20. The van der Waals surface area contributed by atoms with Gasteiger partial charge in [-0.3, -0.25) is 18.9 Å². The quantitative estimate of drug-likeness (QED) is 0.103. The van der Waals surface area contributed by atoms with E-state index in [1.54, 1.807) is 0 Å². The van der Waals surface area contributed by atoms with Crippen LogP contribution in [0.25, 0.3) is 0 Å². The number of amides is 4. The summed E-state index contributed by atoms with van der Waals surface area (Å²) >= 11 is 0.944. The number of β-lactam (4-membered cyclic amide) rings is 1. The Labute approximate surface area is 171 Å². The molecule has 1 aliphatic rings. The molecule has 1 aromatic heterocycles. The van der Waals surface area contributed by atoms with Gasteiger partial charge in [0.2, 0.25) is 0 Å². The van der Waals surface area contributed by atoms with Crippen LogP contribution in [0, 0.1) is 0 Å². The minimum atomic E-state index is -5.01. The number of carbonyl (C=O) groups excluding carboxylic acids is 4. The summed E-state index contributed by atoms with van der Waals surface area (Å²) in [6.45, 7) is -1.43. The summed E-state index contributed by atoms with van der Waals surface area (Å²) in [5.41, 5.74) is 14.6. The lowest BCUT2D eigenvalue weighted by molar-refractivity contribution is -0.146. The first-order valence-corrected chi connectivity index (χ1v) is 9.93. The highest BCUT2D eigenvalue weighted by Gasteiger charge is 2.54. The monoisotopic (exact) mass is 465 g/mol. The van der Waals surface area contributed by atoms with Gasteiger partial charge in [0, 0.05) is 5.38 Å². The van der Waals surface area contributed by atoms with E-state index in [0.29, 0.717) is 0 Å². The molecule has 2 rings (SSSR count). The molecule has 0 radical (unpaired) electrons. The number of hydrogen-bond acceptors (Lipinski definition) is 12. The van der Waals surface area contributed by atoms with Crippen molar-refractivity contribution in [1.29, 1.82) is 0 Å². The lowest BCUT2D eigenvalue weighted by Crippen LogP contribution is -2.73. The lowest BCUT2D eigenvalue weighted by atomic mass is 9.99. The van der Waals surface area contributed by atoms with Crippen LogP contribution >= 0.6 is 11.3 Å². The van der Waals surface area contributed by atoms with E-state index >= 15 is 0 Å². The van der Waals surface area contributed by atoms with Gasteiger partial charge in [-0.15, -0.1) is 11.3 Å². The van der Waals surface area contributed by atoms with Crippen LogP contribution in [0.1, 0.15) is 5.69 Å². The van der Waals surface area contributed by atoms with Crippen LogP contribution in [0.4, 0.5) is 9.93 Å². The molecule has 0 bridgehead atoms. The van der Waals surface area contributed by atoms with Crippen LogP contribution in [0.5, 0.6) is 0 Å². The molecule has 16 nitrogen and oxygen atoms in total. The van der Waals surface area contributed by atoms with E-state index in [0.717, 1.165) is 11.3 Å². The number of hydrogen-bond donors (Lipinski definition) is 5. The fourth-order valence-corrected chi connectivity index (χ4v) is 3.68. The highest BCUT2D eigenvalue weighted by Crippen LogP contribution is 2.24. The number of nitrogens with zero attached hydrogens (tertiary/aromatic N) is 3. The summed E-state index contributed by atoms with van der Waals surface area (Å²) in [6.07, 6.45) is -1.28. The molecule has 18 heteroatoms. The minimum Gasteiger partial charge on any atom is -0.447 e. The Morgan fingerprint density at radius 1 is 1.37 bits per heavy atom. The summed E-state index contributed by atoms with van der Waals surface area (Å²) in [6, 6.07) is -3.03. The number of rotatable bonds is 9. The van der Waals surface area contributed by atoms with E-state index in [-0.39, 0.29) is 15.1 Å². The van der Waals surface area contributed by atoms with Crippen molar-refractivity contribution >= 4 is 56.3 Å². The van der Waals surface area contributed by atoms with Crippen molar-refractivity contribution in [2.45, 2.75) is 12.1 Å². The van der Waals surface area contributed by atoms with Gasteiger partial charge in [-0.1, -0.05) is 5.16 Å². The van der Waals surface area contributed by atoms with Gasteiger partial charge >= 0.3 is 16.4 Å². The molecule has 0 aliphatic carbocycles. The average Bonchev–Trinajstić information content (AvgIpc) is 3.04. The molecule has 1 aliphatic heterocycles. The molecule has 4 amide bonds. The predicted octanol–water partition coefficient (Wildman–Crippen LogP) is -3.47. The maximum atomic E-state index is 12.6. The van der Waals surface area contributed by atoms with Gasteiger partial charge in [-0.2, -0.15) is 8.42 Å². The van der Waals surface area contributed by atoms with Gasteiger partial charge in [0.25, 0.3) is 17.7 Å². The second kappa shape index (κ2) is 8.88. The number of primary amides is 2. The number of oxime groups is 1. The van der Waals surface area contributed by atoms with E-state index in [2.05, 4.69) is 25.0 Å². The van der Waals surface area contributed by atoms with Gasteiger partial charge in [0.15, 0.2) is 17.5 Å². The zero-order valence-corrected chi connectivity index (χ0v) is 16.4. The molecule has 0 aromatic carbocycles. The van der Waals surface area contributed by atoms with Crippen molar-refractivity contribution in [2.24, 2.45) is 16.6 Å². The fourth-order valence-electron chi connectivity index (χ4n) is 2.26. The molecule has 1 saturated heterocycles. The fraction of sp³-hybridized carbons (Fsp3) is 0.333. The molecule has 1 fully saturated rings. The predicted molar refractivity (Wildman–Crippen MR) is 97.9 cm³/mol. The summed E-state index contributed by atoms with van der Waals surface area (Å²) < 4.78 is 36.3. The van der Waals surface area contributed by atoms with E-state index < -0.39 is 65.1 Å². The van der Waals surface area contributed by atoms with Crippen molar-refractivity contribution in [3.63, 3.8) is 0 Å². The molecule has 0 saturated carbocycles. The third-order valence-electron chi connectivity index (χ3n) is 3.44. The van der Waals surface area contributed by atoms with E-state index in [1.165, 1.54) is 5.38 Å². The molecule has 2 unspecified atom stereocenters. The Hall–Kier alpha value is -3.51. The number of anilines is 1. The van der Waals surface area contributed by atoms with Crippen LogP contribution in [0.3, 0.4) is 0 Å². The lowest BCUT2D eigenvalue weighted by Gasteiger charge is -2.43. The first-order valence-electron chi connectivity index (χ1n) is 7.65. The van der Waals surface area contributed by atoms with Crippen LogP contribution in [-0.4, -0.2) is 77.1 Å². The Morgan fingerprint density at radius 3 is 2.53 bits per heavy atom. The van der Waals surface area contributed by atoms with Gasteiger partial charge in [-0.25, -0.2) is 14.1 Å². The van der Waals surface area contributed by atoms with Crippen LogP contribution in [0.2, 0.25) is 0 Å². The smallest absolute Gasteiger partial charge is 0.404 e. The third-order valence-corrected chi connectivity index (χ3v) is 5.06. The van der Waals surface area contributed by atoms with Gasteiger partial charge < -0.3 is 32.1 Å². The van der Waals surface area contributed by atoms with Crippen molar-refractivity contribution in [1.82, 2.24) is 14.6 Å². The average molecular weight is 465 g/mol. The SMILES string of the molecule is NC(=O)CO/N=C(\C(=O)NC1C(=O)N(S(=O)(=O)O)C1COC(N)=O)c1csc(N)n1. The largest absolute Gasteiger partial charge is 0.447 e. The normalized spacial score (nSPS) is 19.0. The topological polar surface area (TPSA) is 260 Å². The van der Waals surface area contributed by atoms with Crippen LogP contribution < -0.4 is 22.5 Å². The number of nitrogen functional groups attached to an aromatic ring is 1. The van der Waals surface area contributed by atoms with Gasteiger partial charge in [-0.05, 0) is 0 Å². The molecule has 0 spiro atoms. The zero-order chi connectivity index (χ0) is 22.6. The molecular formula is C12H15N7O9S2. The Bertz CT molecular complexity index is 1010. The molecule has 30 heavy (non-hydrogen) atoms. The highest BCUT2D eigenvalue weighted by molar-refractivity contribution is 7.84. The van der Waals surface area contributed by atoms with Crippen molar-refractivity contribution in [3.05, 3.63) is 11.1 Å². The number of thiazole rings is 1. The maximum Gasteiger partial charge on any atom is 0.404 e. The second-order valence-corrected chi connectivity index (χ2v) is 7.69. The molecule has 164 valence electrons. The number of carbonyl (C=O) groups is 4. The summed E-state index contributed by atoms with van der Waals surface area (Å²) in [7, 11) is -5.01. The van der Waals surface area contributed by atoms with Crippen molar-refractivity contribution in [2.75, 3.05) is 18.9 Å². The summed E-state index contributed by atoms with van der Waals surface area (Å²) in [5, 5.41) is 6.97. The maximum absolute atomic E-state index is 12.6. The molecule has 2 heterocycles. The minimum absolute atomic E-state index is 0.00210. The number of nitrogens with one attached hydrogen (secondary N) is 1. The van der Waals surface area contributed by atoms with E-state index in [4.69, 9.17) is 21.8 Å². The van der Waals surface area contributed by atoms with E-state index in [9.17, 15) is 27.6 Å². The second-order valence-electron chi connectivity index (χ2n) is 5.51. The number of ether oxygens (including phenoxy) is 1. The van der Waals surface area contributed by atoms with Crippen LogP contribution in [0.15, 0.2) is 10.5 Å². The van der Waals surface area contributed by atoms with Crippen LogP contribution in [-0.2, 0) is 34.3 Å². The van der Waals surface area contributed by atoms with Gasteiger partial charge in [0.05, 0.1) is 0 Å². The number of nitrogens with two attached hydrogens (primary N) is 3. The standard InChI is InChI=1S/C12H15N7O9S2/c13-6(20)2-28-18-7(4-3-29-11(14)16-4)9(21)17-8-5(1-27-12(15)23)19(10(8)22)30(24,25)26/h3,5,8H,1-2H2,(H2,13,20)(H2,14,16)(H2,15,23)(H,17,21)(H,24,25,26)/b18-7-. The van der Waals surface area contributed by atoms with E-state index in [1.807, 2.05) is 0 Å². The molecule has 8 N–H and O–H groups in total. The van der Waals surface area contributed by atoms with Crippen molar-refractivity contribution < 1.29 is 41.7 Å². The van der Waals surface area contributed by atoms with Gasteiger partial charge in [0.1, 0.15) is 24.4 Å². The summed E-state index contributed by atoms with van der Waals surface area (Å²) in [4.78, 5) is 54.7. The highest BCUT2D eigenvalue weighted by atomic mass is 32.2. The van der Waals surface area contributed by atoms with Crippen molar-refractivity contribution in [3.8, 4) is 0 Å². The molecular weight excluding hydrogens is 450 g/mol. The molecule has 2 atom stereocenters. The third kappa shape index (κ3) is 5.30. The zero-order valence-electron chi connectivity index (χ0n) is 14.7. The number of aromatic nitrogens is 1. The Morgan fingerprint density at radius 2 is 2.03 bits per heavy atom. The Balaban J connectivity index is 2.24. The first kappa shape index (κ1) is 22.8.